The molecule has 3 aromatic rings. The van der Waals surface area contributed by atoms with Crippen molar-refractivity contribution in [2.75, 3.05) is 31.1 Å². The van der Waals surface area contributed by atoms with Crippen molar-refractivity contribution < 1.29 is 14.4 Å². The summed E-state index contributed by atoms with van der Waals surface area (Å²) in [7, 11) is 0. The summed E-state index contributed by atoms with van der Waals surface area (Å²) in [4.78, 5) is 50.1. The molecule has 7 nitrogen and oxygen atoms in total. The number of likely N-dealkylation sites (tertiary alicyclic amines) is 1. The second-order valence-corrected chi connectivity index (χ2v) is 10.1. The first kappa shape index (κ1) is 24.7. The summed E-state index contributed by atoms with van der Waals surface area (Å²) in [6.45, 7) is 7.00. The van der Waals surface area contributed by atoms with E-state index in [2.05, 4.69) is 41.9 Å². The molecule has 2 saturated heterocycles. The molecule has 2 aliphatic heterocycles. The fraction of sp³-hybridized carbons (Fsp3) is 0.333. The van der Waals surface area contributed by atoms with E-state index >= 15 is 0 Å². The number of carbonyl (C=O) groups is 3. The number of amides is 3. The predicted molar refractivity (Wildman–Crippen MR) is 142 cm³/mol. The number of pyridine rings is 1. The molecule has 2 aromatic carbocycles. The molecule has 190 valence electrons. The molecule has 0 spiro atoms. The van der Waals surface area contributed by atoms with Crippen molar-refractivity contribution in [2.45, 2.75) is 38.6 Å². The van der Waals surface area contributed by atoms with Crippen LogP contribution in [0.25, 0.3) is 0 Å². The first-order valence-corrected chi connectivity index (χ1v) is 12.8. The third kappa shape index (κ3) is 4.86. The van der Waals surface area contributed by atoms with Gasteiger partial charge in [-0.15, -0.1) is 0 Å². The van der Waals surface area contributed by atoms with E-state index in [0.29, 0.717) is 18.7 Å². The first-order chi connectivity index (χ1) is 17.9. The van der Waals surface area contributed by atoms with Gasteiger partial charge in [-0.3, -0.25) is 24.3 Å². The molecule has 2 fully saturated rings. The summed E-state index contributed by atoms with van der Waals surface area (Å²) in [5.41, 5.74) is 3.99. The van der Waals surface area contributed by atoms with Gasteiger partial charge in [0, 0.05) is 57.1 Å². The quantitative estimate of drug-likeness (QED) is 0.487. The van der Waals surface area contributed by atoms with Gasteiger partial charge in [0.05, 0.1) is 12.0 Å². The van der Waals surface area contributed by atoms with E-state index in [-0.39, 0.29) is 37.1 Å². The van der Waals surface area contributed by atoms with Gasteiger partial charge in [-0.05, 0) is 54.3 Å². The molecular formula is C30H32N4O3. The number of aryl methyl sites for hydroxylation is 2. The highest BCUT2D eigenvalue weighted by Gasteiger charge is 2.54. The molecule has 5 rings (SSSR count). The number of hydrogen-bond acceptors (Lipinski definition) is 5. The van der Waals surface area contributed by atoms with Crippen molar-refractivity contribution in [1.29, 1.82) is 0 Å². The summed E-state index contributed by atoms with van der Waals surface area (Å²) in [6.07, 6.45) is 3.27. The molecule has 1 atom stereocenters. The Bertz CT molecular complexity index is 1300. The van der Waals surface area contributed by atoms with Crippen LogP contribution in [0.3, 0.4) is 0 Å². The van der Waals surface area contributed by atoms with Crippen molar-refractivity contribution in [2.24, 2.45) is 0 Å². The molecule has 37 heavy (non-hydrogen) atoms. The highest BCUT2D eigenvalue weighted by atomic mass is 16.2. The molecule has 3 amide bonds. The van der Waals surface area contributed by atoms with E-state index in [4.69, 9.17) is 0 Å². The van der Waals surface area contributed by atoms with Crippen LogP contribution in [0.1, 0.15) is 35.1 Å². The van der Waals surface area contributed by atoms with Gasteiger partial charge in [-0.1, -0.05) is 42.5 Å². The second-order valence-electron chi connectivity index (χ2n) is 10.1. The Morgan fingerprint density at radius 2 is 1.62 bits per heavy atom. The minimum absolute atomic E-state index is 0.00484. The molecule has 1 aromatic heterocycles. The maximum absolute atomic E-state index is 13.9. The van der Waals surface area contributed by atoms with E-state index in [1.807, 2.05) is 35.2 Å². The lowest BCUT2D eigenvalue weighted by Gasteiger charge is -2.38. The van der Waals surface area contributed by atoms with Gasteiger partial charge in [0.15, 0.2) is 0 Å². The van der Waals surface area contributed by atoms with Crippen LogP contribution in [0.5, 0.6) is 0 Å². The van der Waals surface area contributed by atoms with Crippen molar-refractivity contribution in [3.05, 3.63) is 95.3 Å². The lowest BCUT2D eigenvalue weighted by atomic mass is 9.75. The molecule has 0 radical (unpaired) electrons. The van der Waals surface area contributed by atoms with Gasteiger partial charge >= 0.3 is 0 Å². The number of nitrogens with zero attached hydrogens (tertiary/aromatic N) is 4. The number of aromatic nitrogens is 1. The van der Waals surface area contributed by atoms with Crippen LogP contribution < -0.4 is 4.90 Å². The zero-order valence-electron chi connectivity index (χ0n) is 21.4. The zero-order valence-corrected chi connectivity index (χ0v) is 21.4. The van der Waals surface area contributed by atoms with Gasteiger partial charge in [0.2, 0.25) is 17.7 Å². The summed E-state index contributed by atoms with van der Waals surface area (Å²) >= 11 is 0. The Balaban J connectivity index is 1.35. The van der Waals surface area contributed by atoms with Gasteiger partial charge < -0.3 is 9.80 Å². The molecule has 3 heterocycles. The molecule has 0 N–H and O–H groups in total. The maximum Gasteiger partial charge on any atom is 0.241 e. The Kier molecular flexibility index (Phi) is 6.78. The Labute approximate surface area is 217 Å². The lowest BCUT2D eigenvalue weighted by Crippen LogP contribution is -2.51. The molecule has 0 saturated carbocycles. The van der Waals surface area contributed by atoms with E-state index in [1.54, 1.807) is 24.5 Å². The average molecular weight is 497 g/mol. The SMILES string of the molecule is Cc1ccc(C)c(N2CCN(C(=O)C[C@]3(c4ccccc4)CC(=O)N(Cc4ccncc4)C3=O)CC2)c1. The molecule has 2 aliphatic rings. The standard InChI is InChI=1S/C30H32N4O3/c1-22-8-9-23(2)26(18-22)32-14-16-33(17-15-32)27(35)19-30(25-6-4-3-5-7-25)20-28(36)34(29(30)37)21-24-10-12-31-13-11-24/h3-13,18H,14-17,19-21H2,1-2H3/t30-/m1/s1. The lowest BCUT2D eigenvalue weighted by molar-refractivity contribution is -0.143. The van der Waals surface area contributed by atoms with Crippen LogP contribution in [0, 0.1) is 13.8 Å². The number of hydrogen-bond donors (Lipinski definition) is 0. The monoisotopic (exact) mass is 496 g/mol. The van der Waals surface area contributed by atoms with E-state index in [0.717, 1.165) is 18.7 Å². The van der Waals surface area contributed by atoms with Crippen molar-refractivity contribution in [3.8, 4) is 0 Å². The second kappa shape index (κ2) is 10.2. The molecule has 0 bridgehead atoms. The highest BCUT2D eigenvalue weighted by molar-refractivity contribution is 6.10. The van der Waals surface area contributed by atoms with Crippen LogP contribution in [0.4, 0.5) is 5.69 Å². The molecular weight excluding hydrogens is 464 g/mol. The number of rotatable bonds is 6. The topological polar surface area (TPSA) is 73.8 Å². The number of imide groups is 1. The smallest absolute Gasteiger partial charge is 0.241 e. The normalized spacial score (nSPS) is 20.0. The van der Waals surface area contributed by atoms with Crippen molar-refractivity contribution >= 4 is 23.4 Å². The van der Waals surface area contributed by atoms with E-state index < -0.39 is 5.41 Å². The number of piperazine rings is 1. The fourth-order valence-electron chi connectivity index (χ4n) is 5.48. The molecule has 0 aliphatic carbocycles. The van der Waals surface area contributed by atoms with Crippen molar-refractivity contribution in [1.82, 2.24) is 14.8 Å². The average Bonchev–Trinajstić information content (AvgIpc) is 3.16. The zero-order chi connectivity index (χ0) is 26.0. The van der Waals surface area contributed by atoms with E-state index in [9.17, 15) is 14.4 Å². The molecule has 0 unspecified atom stereocenters. The Morgan fingerprint density at radius 1 is 0.919 bits per heavy atom. The number of carbonyl (C=O) groups excluding carboxylic acids is 3. The van der Waals surface area contributed by atoms with Gasteiger partial charge in [-0.25, -0.2) is 0 Å². The van der Waals surface area contributed by atoms with Crippen LogP contribution in [-0.4, -0.2) is 58.7 Å². The largest absolute Gasteiger partial charge is 0.368 e. The summed E-state index contributed by atoms with van der Waals surface area (Å²) < 4.78 is 0. The Hall–Kier alpha value is -4.00. The van der Waals surface area contributed by atoms with Crippen LogP contribution in [-0.2, 0) is 26.3 Å². The van der Waals surface area contributed by atoms with Crippen LogP contribution >= 0.6 is 0 Å². The molecule has 7 heteroatoms. The van der Waals surface area contributed by atoms with Gasteiger partial charge in [0.1, 0.15) is 0 Å². The minimum atomic E-state index is -1.19. The predicted octanol–water partition coefficient (Wildman–Crippen LogP) is 3.63. The summed E-state index contributed by atoms with van der Waals surface area (Å²) in [5, 5.41) is 0. The van der Waals surface area contributed by atoms with Crippen molar-refractivity contribution in [3.63, 3.8) is 0 Å². The Morgan fingerprint density at radius 3 is 2.32 bits per heavy atom. The van der Waals surface area contributed by atoms with Gasteiger partial charge in [-0.2, -0.15) is 0 Å². The minimum Gasteiger partial charge on any atom is -0.368 e. The maximum atomic E-state index is 13.9. The number of anilines is 1. The fourth-order valence-corrected chi connectivity index (χ4v) is 5.48. The van der Waals surface area contributed by atoms with Crippen LogP contribution in [0.2, 0.25) is 0 Å². The number of benzene rings is 2. The third-order valence-electron chi connectivity index (χ3n) is 7.62. The third-order valence-corrected chi connectivity index (χ3v) is 7.62. The van der Waals surface area contributed by atoms with E-state index in [1.165, 1.54) is 21.7 Å². The highest BCUT2D eigenvalue weighted by Crippen LogP contribution is 2.41. The summed E-state index contributed by atoms with van der Waals surface area (Å²) in [5.74, 6) is -0.641. The van der Waals surface area contributed by atoms with Crippen LogP contribution in [0.15, 0.2) is 73.1 Å². The first-order valence-electron chi connectivity index (χ1n) is 12.8. The summed E-state index contributed by atoms with van der Waals surface area (Å²) in [6, 6.07) is 19.3. The van der Waals surface area contributed by atoms with Gasteiger partial charge in [0.25, 0.3) is 0 Å².